The molecule has 1 aromatic carbocycles. The number of carboxylic acids is 1. The first-order valence-electron chi connectivity index (χ1n) is 5.65. The summed E-state index contributed by atoms with van der Waals surface area (Å²) in [5.41, 5.74) is 0.929. The van der Waals surface area contributed by atoms with Crippen molar-refractivity contribution in [3.8, 4) is 0 Å². The molecule has 19 heavy (non-hydrogen) atoms. The van der Waals surface area contributed by atoms with Gasteiger partial charge in [0.15, 0.2) is 0 Å². The summed E-state index contributed by atoms with van der Waals surface area (Å²) in [6.07, 6.45) is 2.01. The number of benzene rings is 1. The standard InChI is InChI=1S/C12H17NO4S2/c1-9-3-5-10(6-4-9)19(16,17)13-11(12(14)15)7-8-18-2/h3-6,11,13H,7-8H2,1-2H3,(H,14,15)/p-1. The summed E-state index contributed by atoms with van der Waals surface area (Å²) in [4.78, 5) is 11.0. The number of sulfonamides is 1. The first-order valence-corrected chi connectivity index (χ1v) is 8.53. The zero-order valence-corrected chi connectivity index (χ0v) is 12.4. The molecule has 1 atom stereocenters. The lowest BCUT2D eigenvalue weighted by Crippen LogP contribution is -2.48. The highest BCUT2D eigenvalue weighted by Gasteiger charge is 2.20. The van der Waals surface area contributed by atoms with Crippen LogP contribution in [0.4, 0.5) is 0 Å². The van der Waals surface area contributed by atoms with Crippen molar-refractivity contribution in [3.63, 3.8) is 0 Å². The van der Waals surface area contributed by atoms with Crippen LogP contribution in [-0.4, -0.2) is 32.4 Å². The fourth-order valence-corrected chi connectivity index (χ4v) is 3.12. The molecule has 0 aliphatic carbocycles. The van der Waals surface area contributed by atoms with Gasteiger partial charge in [-0.05, 0) is 37.5 Å². The van der Waals surface area contributed by atoms with Crippen molar-refractivity contribution in [1.82, 2.24) is 4.72 Å². The third-order valence-corrected chi connectivity index (χ3v) is 4.66. The van der Waals surface area contributed by atoms with Crippen LogP contribution in [0.2, 0.25) is 0 Å². The summed E-state index contributed by atoms with van der Waals surface area (Å²) < 4.78 is 26.2. The molecule has 0 aliphatic heterocycles. The fourth-order valence-electron chi connectivity index (χ4n) is 1.43. The number of hydrogen-bond acceptors (Lipinski definition) is 5. The summed E-state index contributed by atoms with van der Waals surface area (Å²) in [7, 11) is -3.83. The number of hydrogen-bond donors (Lipinski definition) is 1. The summed E-state index contributed by atoms with van der Waals surface area (Å²) in [5, 5.41) is 10.9. The number of nitrogens with one attached hydrogen (secondary N) is 1. The minimum atomic E-state index is -3.83. The van der Waals surface area contributed by atoms with Crippen molar-refractivity contribution in [2.24, 2.45) is 0 Å². The second-order valence-corrected chi connectivity index (χ2v) is 6.79. The molecular formula is C12H16NO4S2-. The van der Waals surface area contributed by atoms with Gasteiger partial charge in [0.2, 0.25) is 10.0 Å². The van der Waals surface area contributed by atoms with Crippen LogP contribution in [0.3, 0.4) is 0 Å². The Morgan fingerprint density at radius 3 is 2.42 bits per heavy atom. The molecule has 1 rings (SSSR count). The molecule has 1 unspecified atom stereocenters. The number of aryl methyl sites for hydroxylation is 1. The maximum absolute atomic E-state index is 12.0. The van der Waals surface area contributed by atoms with Gasteiger partial charge in [-0.1, -0.05) is 17.7 Å². The highest BCUT2D eigenvalue weighted by atomic mass is 32.2. The number of thioether (sulfide) groups is 1. The van der Waals surface area contributed by atoms with E-state index >= 15 is 0 Å². The average molecular weight is 302 g/mol. The lowest BCUT2D eigenvalue weighted by atomic mass is 10.2. The van der Waals surface area contributed by atoms with E-state index in [1.165, 1.54) is 23.9 Å². The second kappa shape index (κ2) is 6.93. The van der Waals surface area contributed by atoms with E-state index in [4.69, 9.17) is 0 Å². The van der Waals surface area contributed by atoms with Crippen molar-refractivity contribution in [1.29, 1.82) is 0 Å². The van der Waals surface area contributed by atoms with Crippen LogP contribution in [-0.2, 0) is 14.8 Å². The molecule has 0 saturated heterocycles. The number of rotatable bonds is 7. The minimum absolute atomic E-state index is 0.0495. The molecule has 0 radical (unpaired) electrons. The lowest BCUT2D eigenvalue weighted by Gasteiger charge is -2.19. The third kappa shape index (κ3) is 4.85. The van der Waals surface area contributed by atoms with E-state index in [0.717, 1.165) is 5.56 Å². The smallest absolute Gasteiger partial charge is 0.241 e. The van der Waals surface area contributed by atoms with Crippen LogP contribution >= 0.6 is 11.8 Å². The van der Waals surface area contributed by atoms with Crippen LogP contribution in [0.5, 0.6) is 0 Å². The van der Waals surface area contributed by atoms with Crippen molar-refractivity contribution in [3.05, 3.63) is 29.8 Å². The molecule has 0 bridgehead atoms. The van der Waals surface area contributed by atoms with E-state index in [1.807, 2.05) is 13.2 Å². The molecule has 1 N–H and O–H groups in total. The molecule has 0 amide bonds. The van der Waals surface area contributed by atoms with Crippen molar-refractivity contribution < 1.29 is 18.3 Å². The maximum Gasteiger partial charge on any atom is 0.241 e. The topological polar surface area (TPSA) is 86.3 Å². The van der Waals surface area contributed by atoms with Gasteiger partial charge in [-0.2, -0.15) is 11.8 Å². The van der Waals surface area contributed by atoms with E-state index in [0.29, 0.717) is 5.75 Å². The summed E-state index contributed by atoms with van der Waals surface area (Å²) >= 11 is 1.45. The second-order valence-electron chi connectivity index (χ2n) is 4.09. The summed E-state index contributed by atoms with van der Waals surface area (Å²) in [6.45, 7) is 1.84. The molecule has 0 heterocycles. The largest absolute Gasteiger partial charge is 0.548 e. The zero-order valence-electron chi connectivity index (χ0n) is 10.8. The van der Waals surface area contributed by atoms with Gasteiger partial charge >= 0.3 is 0 Å². The van der Waals surface area contributed by atoms with Gasteiger partial charge in [-0.25, -0.2) is 13.1 Å². The Kier molecular flexibility index (Phi) is 5.84. The summed E-state index contributed by atoms with van der Waals surface area (Å²) in [5.74, 6) is -0.876. The minimum Gasteiger partial charge on any atom is -0.548 e. The quantitative estimate of drug-likeness (QED) is 0.774. The predicted octanol–water partition coefficient (Wildman–Crippen LogP) is 0.145. The number of carbonyl (C=O) groups is 1. The molecule has 1 aromatic rings. The van der Waals surface area contributed by atoms with Crippen molar-refractivity contribution in [2.75, 3.05) is 12.0 Å². The Balaban J connectivity index is 2.87. The van der Waals surface area contributed by atoms with Crippen molar-refractivity contribution in [2.45, 2.75) is 24.3 Å². The van der Waals surface area contributed by atoms with Crippen LogP contribution < -0.4 is 9.83 Å². The molecular weight excluding hydrogens is 286 g/mol. The van der Waals surface area contributed by atoms with Crippen LogP contribution in [0, 0.1) is 6.92 Å². The molecule has 0 saturated carbocycles. The highest BCUT2D eigenvalue weighted by molar-refractivity contribution is 7.98. The molecule has 106 valence electrons. The monoisotopic (exact) mass is 302 g/mol. The van der Waals surface area contributed by atoms with E-state index in [2.05, 4.69) is 4.72 Å². The van der Waals surface area contributed by atoms with Crippen molar-refractivity contribution >= 4 is 27.8 Å². The van der Waals surface area contributed by atoms with Gasteiger partial charge in [0.05, 0.1) is 16.9 Å². The predicted molar refractivity (Wildman–Crippen MR) is 73.3 cm³/mol. The molecule has 0 aliphatic rings. The van der Waals surface area contributed by atoms with E-state index in [9.17, 15) is 18.3 Å². The normalized spacial score (nSPS) is 13.2. The molecule has 0 spiro atoms. The van der Waals surface area contributed by atoms with Crippen LogP contribution in [0.1, 0.15) is 12.0 Å². The van der Waals surface area contributed by atoms with E-state index in [-0.39, 0.29) is 11.3 Å². The number of carbonyl (C=O) groups excluding carboxylic acids is 1. The fraction of sp³-hybridized carbons (Fsp3) is 0.417. The third-order valence-electron chi connectivity index (χ3n) is 2.52. The average Bonchev–Trinajstić information content (AvgIpc) is 2.34. The van der Waals surface area contributed by atoms with E-state index < -0.39 is 22.0 Å². The van der Waals surface area contributed by atoms with Gasteiger partial charge in [0.1, 0.15) is 0 Å². The SMILES string of the molecule is CSCCC(NS(=O)(=O)c1ccc(C)cc1)C(=O)[O-]. The Bertz CT molecular complexity index is 525. The Labute approximate surface area is 117 Å². The molecule has 0 fully saturated rings. The highest BCUT2D eigenvalue weighted by Crippen LogP contribution is 2.11. The Morgan fingerprint density at radius 1 is 1.37 bits per heavy atom. The van der Waals surface area contributed by atoms with Gasteiger partial charge in [-0.3, -0.25) is 0 Å². The van der Waals surface area contributed by atoms with Crippen LogP contribution in [0.15, 0.2) is 29.2 Å². The Morgan fingerprint density at radius 2 is 1.95 bits per heavy atom. The number of aliphatic carboxylic acids is 1. The molecule has 7 heteroatoms. The lowest BCUT2D eigenvalue weighted by molar-refractivity contribution is -0.308. The zero-order chi connectivity index (χ0) is 14.5. The first kappa shape index (κ1) is 16.0. The Hall–Kier alpha value is -1.05. The van der Waals surface area contributed by atoms with Gasteiger partial charge in [0, 0.05) is 0 Å². The maximum atomic E-state index is 12.0. The number of carboxylic acid groups (broad SMARTS) is 1. The van der Waals surface area contributed by atoms with Gasteiger partial charge < -0.3 is 9.90 Å². The first-order chi connectivity index (χ1) is 8.86. The molecule has 0 aromatic heterocycles. The van der Waals surface area contributed by atoms with E-state index in [1.54, 1.807) is 12.1 Å². The van der Waals surface area contributed by atoms with Gasteiger partial charge in [0.25, 0.3) is 0 Å². The molecule has 5 nitrogen and oxygen atoms in total. The summed E-state index contributed by atoms with van der Waals surface area (Å²) in [6, 6.07) is 4.99. The van der Waals surface area contributed by atoms with Crippen LogP contribution in [0.25, 0.3) is 0 Å². The van der Waals surface area contributed by atoms with Gasteiger partial charge in [-0.15, -0.1) is 0 Å².